The fraction of sp³-hybridized carbons (Fsp3) is 0.394. The van der Waals surface area contributed by atoms with E-state index in [0.29, 0.717) is 57.6 Å². The highest BCUT2D eigenvalue weighted by atomic mass is 35.5. The molecule has 1 atom stereocenters. The highest BCUT2D eigenvalue weighted by Gasteiger charge is 2.35. The van der Waals surface area contributed by atoms with Crippen LogP contribution in [0.25, 0.3) is 0 Å². The molecule has 0 saturated carbocycles. The summed E-state index contributed by atoms with van der Waals surface area (Å²) in [6, 6.07) is 12.7. The molecule has 0 saturated heterocycles. The predicted octanol–water partition coefficient (Wildman–Crippen LogP) is 7.50. The third-order valence-electron chi connectivity index (χ3n) is 6.85. The number of nitrogens with one attached hydrogen (secondary N) is 1. The van der Waals surface area contributed by atoms with E-state index in [-0.39, 0.29) is 25.5 Å². The minimum absolute atomic E-state index is 0.173. The molecule has 1 amide bonds. The second-order valence-electron chi connectivity index (χ2n) is 11.5. The monoisotopic (exact) mass is 664 g/mol. The minimum Gasteiger partial charge on any atom is -0.497 e. The molecule has 1 aliphatic heterocycles. The van der Waals surface area contributed by atoms with Gasteiger partial charge in [-0.25, -0.2) is 0 Å². The van der Waals surface area contributed by atoms with E-state index in [2.05, 4.69) is 10.1 Å². The molecule has 1 heterocycles. The number of hydrogen-bond acceptors (Lipinski definition) is 8. The molecule has 0 fully saturated rings. The molecule has 9 nitrogen and oxygen atoms in total. The lowest BCUT2D eigenvalue weighted by atomic mass is 10.0. The van der Waals surface area contributed by atoms with Crippen LogP contribution in [-0.2, 0) is 20.7 Å². The van der Waals surface area contributed by atoms with Crippen LogP contribution in [0.2, 0.25) is 5.02 Å². The lowest BCUT2D eigenvalue weighted by Gasteiger charge is -2.27. The number of halogens is 4. The van der Waals surface area contributed by atoms with E-state index >= 15 is 0 Å². The third-order valence-corrected chi connectivity index (χ3v) is 7.08. The quantitative estimate of drug-likeness (QED) is 0.157. The molecule has 0 spiro atoms. The maximum atomic E-state index is 14.3. The maximum Gasteiger partial charge on any atom is 0.573 e. The number of hydrogen-bond donors (Lipinski definition) is 1. The molecule has 248 valence electrons. The summed E-state index contributed by atoms with van der Waals surface area (Å²) in [6.45, 7) is 5.84. The molecule has 0 bridgehead atoms. The zero-order valence-corrected chi connectivity index (χ0v) is 26.9. The van der Waals surface area contributed by atoms with Crippen molar-refractivity contribution in [2.24, 2.45) is 0 Å². The van der Waals surface area contributed by atoms with Gasteiger partial charge in [-0.1, -0.05) is 23.7 Å². The number of amides is 1. The Kier molecular flexibility index (Phi) is 10.8. The molecule has 3 aromatic carbocycles. The second kappa shape index (κ2) is 14.4. The minimum atomic E-state index is -4.88. The van der Waals surface area contributed by atoms with Gasteiger partial charge in [-0.15, -0.1) is 13.2 Å². The number of ether oxygens (including phenoxy) is 5. The molecule has 0 aromatic heterocycles. The maximum absolute atomic E-state index is 14.3. The van der Waals surface area contributed by atoms with Crippen LogP contribution in [0.3, 0.4) is 0 Å². The van der Waals surface area contributed by atoms with E-state index in [1.807, 2.05) is 0 Å². The zero-order valence-electron chi connectivity index (χ0n) is 26.1. The summed E-state index contributed by atoms with van der Waals surface area (Å²) in [5.74, 6) is -0.0361. The Morgan fingerprint density at radius 2 is 1.70 bits per heavy atom. The number of alkyl halides is 3. The van der Waals surface area contributed by atoms with Gasteiger partial charge in [0.25, 0.3) is 5.91 Å². The van der Waals surface area contributed by atoms with Crippen LogP contribution < -0.4 is 29.2 Å². The third kappa shape index (κ3) is 9.35. The normalized spacial score (nSPS) is 13.5. The van der Waals surface area contributed by atoms with Gasteiger partial charge in [0.15, 0.2) is 0 Å². The van der Waals surface area contributed by atoms with Crippen LogP contribution in [0.1, 0.15) is 50.8 Å². The first kappa shape index (κ1) is 34.6. The summed E-state index contributed by atoms with van der Waals surface area (Å²) in [7, 11) is 2.93. The van der Waals surface area contributed by atoms with Crippen LogP contribution in [0.4, 0.5) is 24.5 Å². The number of nitrogens with zero attached hydrogens (tertiary/aromatic N) is 1. The van der Waals surface area contributed by atoms with Crippen molar-refractivity contribution in [1.29, 1.82) is 0 Å². The van der Waals surface area contributed by atoms with E-state index in [1.54, 1.807) is 57.2 Å². The summed E-state index contributed by atoms with van der Waals surface area (Å²) in [6.07, 6.45) is -3.86. The van der Waals surface area contributed by atoms with Crippen LogP contribution in [0, 0.1) is 0 Å². The molecule has 0 radical (unpaired) electrons. The average molecular weight is 665 g/mol. The van der Waals surface area contributed by atoms with Crippen molar-refractivity contribution in [2.75, 3.05) is 37.6 Å². The molecule has 1 unspecified atom stereocenters. The molecule has 4 rings (SSSR count). The fourth-order valence-corrected chi connectivity index (χ4v) is 5.12. The average Bonchev–Trinajstić information content (AvgIpc) is 3.39. The molecule has 0 aliphatic carbocycles. The summed E-state index contributed by atoms with van der Waals surface area (Å²) in [5, 5.41) is 3.62. The predicted molar refractivity (Wildman–Crippen MR) is 167 cm³/mol. The van der Waals surface area contributed by atoms with Gasteiger partial charge in [0.2, 0.25) is 0 Å². The first-order chi connectivity index (χ1) is 21.7. The van der Waals surface area contributed by atoms with Crippen molar-refractivity contribution < 1.29 is 46.4 Å². The van der Waals surface area contributed by atoms with Crippen LogP contribution >= 0.6 is 11.6 Å². The molecule has 13 heteroatoms. The first-order valence-corrected chi connectivity index (χ1v) is 14.9. The lowest BCUT2D eigenvalue weighted by molar-refractivity contribution is -0.274. The Balaban J connectivity index is 1.62. The van der Waals surface area contributed by atoms with Gasteiger partial charge in [0.05, 0.1) is 26.5 Å². The van der Waals surface area contributed by atoms with Crippen molar-refractivity contribution >= 4 is 34.9 Å². The molecule has 46 heavy (non-hydrogen) atoms. The van der Waals surface area contributed by atoms with E-state index in [9.17, 15) is 22.8 Å². The summed E-state index contributed by atoms with van der Waals surface area (Å²) < 4.78 is 65.3. The van der Waals surface area contributed by atoms with E-state index in [0.717, 1.165) is 0 Å². The molecule has 1 aliphatic rings. The number of anilines is 2. The van der Waals surface area contributed by atoms with E-state index < -0.39 is 29.7 Å². The van der Waals surface area contributed by atoms with E-state index in [1.165, 1.54) is 37.3 Å². The Labute approximate surface area is 270 Å². The van der Waals surface area contributed by atoms with Crippen molar-refractivity contribution in [3.63, 3.8) is 0 Å². The van der Waals surface area contributed by atoms with Crippen LogP contribution in [-0.4, -0.2) is 51.2 Å². The second-order valence-corrected chi connectivity index (χ2v) is 11.9. The smallest absolute Gasteiger partial charge is 0.497 e. The standard InChI is InChI=1S/C33H36ClF3N2O7/c1-32(2,3)46-29(40)7-6-14-44-25-17-22(16-24(18-25)42-4)38-30(26-11-9-21(34)15-28(26)43-5)31(41)39-13-12-20-8-10-23(19-27(20)39)45-33(35,36)37/h8-11,15-19,30,38H,6-7,12-14H2,1-5H3. The highest BCUT2D eigenvalue weighted by Crippen LogP contribution is 2.39. The lowest BCUT2D eigenvalue weighted by Crippen LogP contribution is -2.37. The van der Waals surface area contributed by atoms with Gasteiger partial charge in [-0.05, 0) is 57.4 Å². The fourth-order valence-electron chi connectivity index (χ4n) is 4.96. The number of fused-ring (bicyclic) bond motifs is 1. The Morgan fingerprint density at radius 3 is 2.37 bits per heavy atom. The van der Waals surface area contributed by atoms with Crippen molar-refractivity contribution in [3.05, 3.63) is 70.7 Å². The topological polar surface area (TPSA) is 95.6 Å². The molecular weight excluding hydrogens is 629 g/mol. The van der Waals surface area contributed by atoms with Crippen molar-refractivity contribution in [3.8, 4) is 23.0 Å². The number of methoxy groups -OCH3 is 2. The Hall–Kier alpha value is -4.32. The Bertz CT molecular complexity index is 1560. The number of rotatable bonds is 12. The number of carbonyl (C=O) groups excluding carboxylic acids is 2. The molecular formula is C33H36ClF3N2O7. The summed E-state index contributed by atoms with van der Waals surface area (Å²) >= 11 is 6.21. The van der Waals surface area contributed by atoms with Gasteiger partial charge in [0.1, 0.15) is 34.6 Å². The van der Waals surface area contributed by atoms with Crippen LogP contribution in [0.15, 0.2) is 54.6 Å². The Morgan fingerprint density at radius 1 is 0.957 bits per heavy atom. The van der Waals surface area contributed by atoms with Crippen LogP contribution in [0.5, 0.6) is 23.0 Å². The molecule has 3 aromatic rings. The highest BCUT2D eigenvalue weighted by molar-refractivity contribution is 6.30. The van der Waals surface area contributed by atoms with Gasteiger partial charge in [-0.3, -0.25) is 9.59 Å². The van der Waals surface area contributed by atoms with E-state index in [4.69, 9.17) is 30.5 Å². The van der Waals surface area contributed by atoms with Gasteiger partial charge >= 0.3 is 12.3 Å². The number of esters is 1. The van der Waals surface area contributed by atoms with Crippen molar-refractivity contribution in [1.82, 2.24) is 0 Å². The molecule has 1 N–H and O–H groups in total. The zero-order chi connectivity index (χ0) is 33.6. The first-order valence-electron chi connectivity index (χ1n) is 14.5. The number of carbonyl (C=O) groups is 2. The van der Waals surface area contributed by atoms with Gasteiger partial charge in [-0.2, -0.15) is 0 Å². The van der Waals surface area contributed by atoms with Gasteiger partial charge < -0.3 is 33.9 Å². The van der Waals surface area contributed by atoms with Crippen molar-refractivity contribution in [2.45, 2.75) is 58.0 Å². The largest absolute Gasteiger partial charge is 0.573 e. The summed E-state index contributed by atoms with van der Waals surface area (Å²) in [5.41, 5.74) is 1.32. The van der Waals surface area contributed by atoms with Gasteiger partial charge in [0, 0.05) is 53.5 Å². The SMILES string of the molecule is COc1cc(NC(C(=O)N2CCc3ccc(OC(F)(F)F)cc32)c2ccc(Cl)cc2OC)cc(OCCCC(=O)OC(C)(C)C)c1. The summed E-state index contributed by atoms with van der Waals surface area (Å²) in [4.78, 5) is 27.8. The number of benzene rings is 3.